The molecular formula is C23H29N5O. The number of aromatic nitrogens is 2. The van der Waals surface area contributed by atoms with E-state index in [1.165, 1.54) is 5.56 Å². The first-order valence-corrected chi connectivity index (χ1v) is 9.83. The van der Waals surface area contributed by atoms with E-state index in [1.807, 2.05) is 43.6 Å². The molecule has 2 N–H and O–H groups in total. The molecule has 0 aliphatic carbocycles. The second-order valence-corrected chi connectivity index (χ2v) is 6.89. The Morgan fingerprint density at radius 2 is 1.90 bits per heavy atom. The highest BCUT2D eigenvalue weighted by Gasteiger charge is 2.09. The van der Waals surface area contributed by atoms with Gasteiger partial charge in [0.1, 0.15) is 11.6 Å². The van der Waals surface area contributed by atoms with E-state index in [1.54, 1.807) is 14.2 Å². The van der Waals surface area contributed by atoms with Crippen LogP contribution in [0.1, 0.15) is 17.8 Å². The molecule has 0 fully saturated rings. The van der Waals surface area contributed by atoms with Crippen LogP contribution in [0.25, 0.3) is 11.3 Å². The number of aryl methyl sites for hydroxylation is 1. The summed E-state index contributed by atoms with van der Waals surface area (Å²) >= 11 is 0. The number of imidazole rings is 1. The number of methoxy groups -OCH3 is 1. The van der Waals surface area contributed by atoms with E-state index < -0.39 is 0 Å². The molecule has 6 nitrogen and oxygen atoms in total. The smallest absolute Gasteiger partial charge is 0.193 e. The zero-order chi connectivity index (χ0) is 20.5. The first kappa shape index (κ1) is 20.5. The number of aliphatic imine (C=N–C) groups is 1. The van der Waals surface area contributed by atoms with Gasteiger partial charge < -0.3 is 19.9 Å². The largest absolute Gasteiger partial charge is 0.497 e. The second-order valence-electron chi connectivity index (χ2n) is 6.89. The number of aromatic amines is 1. The van der Waals surface area contributed by atoms with Crippen molar-refractivity contribution in [3.05, 3.63) is 72.2 Å². The summed E-state index contributed by atoms with van der Waals surface area (Å²) in [6.07, 6.45) is 3.91. The summed E-state index contributed by atoms with van der Waals surface area (Å²) in [6.45, 7) is 1.52. The molecule has 29 heavy (non-hydrogen) atoms. The number of nitrogens with one attached hydrogen (secondary N) is 2. The van der Waals surface area contributed by atoms with E-state index in [-0.39, 0.29) is 0 Å². The lowest BCUT2D eigenvalue weighted by Crippen LogP contribution is -2.39. The van der Waals surface area contributed by atoms with Crippen molar-refractivity contribution >= 4 is 5.96 Å². The number of rotatable bonds is 8. The van der Waals surface area contributed by atoms with Gasteiger partial charge in [-0.05, 0) is 36.1 Å². The van der Waals surface area contributed by atoms with Crippen molar-refractivity contribution in [3.63, 3.8) is 0 Å². The van der Waals surface area contributed by atoms with E-state index >= 15 is 0 Å². The van der Waals surface area contributed by atoms with Crippen molar-refractivity contribution in [1.29, 1.82) is 0 Å². The molecule has 0 radical (unpaired) electrons. The third-order valence-corrected chi connectivity index (χ3v) is 4.76. The van der Waals surface area contributed by atoms with Crippen LogP contribution < -0.4 is 10.1 Å². The van der Waals surface area contributed by atoms with Gasteiger partial charge in [-0.3, -0.25) is 4.99 Å². The van der Waals surface area contributed by atoms with Crippen LogP contribution in [0.15, 0.2) is 65.8 Å². The zero-order valence-electron chi connectivity index (χ0n) is 17.4. The molecule has 0 saturated heterocycles. The molecule has 1 aromatic heterocycles. The predicted octanol–water partition coefficient (Wildman–Crippen LogP) is 3.73. The van der Waals surface area contributed by atoms with Crippen molar-refractivity contribution in [2.75, 3.05) is 27.7 Å². The first-order chi connectivity index (χ1) is 14.2. The van der Waals surface area contributed by atoms with E-state index in [0.717, 1.165) is 48.2 Å². The lowest BCUT2D eigenvalue weighted by molar-refractivity contribution is 0.414. The molecule has 0 aliphatic heterocycles. The summed E-state index contributed by atoms with van der Waals surface area (Å²) in [6, 6.07) is 18.4. The fourth-order valence-electron chi connectivity index (χ4n) is 3.18. The molecule has 2 aromatic carbocycles. The normalized spacial score (nSPS) is 11.3. The molecule has 0 spiro atoms. The van der Waals surface area contributed by atoms with Gasteiger partial charge in [-0.25, -0.2) is 4.98 Å². The van der Waals surface area contributed by atoms with Crippen molar-refractivity contribution < 1.29 is 4.74 Å². The molecule has 3 rings (SSSR count). The number of H-pyrrole nitrogens is 1. The Morgan fingerprint density at radius 1 is 1.14 bits per heavy atom. The number of guanidine groups is 1. The average Bonchev–Trinajstić information content (AvgIpc) is 3.23. The van der Waals surface area contributed by atoms with E-state index in [4.69, 9.17) is 4.74 Å². The van der Waals surface area contributed by atoms with Gasteiger partial charge in [0.15, 0.2) is 5.96 Å². The van der Waals surface area contributed by atoms with Crippen LogP contribution in [0.4, 0.5) is 0 Å². The van der Waals surface area contributed by atoms with Crippen molar-refractivity contribution in [2.45, 2.75) is 19.4 Å². The molecule has 0 bridgehead atoms. The van der Waals surface area contributed by atoms with Gasteiger partial charge >= 0.3 is 0 Å². The predicted molar refractivity (Wildman–Crippen MR) is 118 cm³/mol. The number of hydrogen-bond donors (Lipinski definition) is 2. The summed E-state index contributed by atoms with van der Waals surface area (Å²) < 4.78 is 5.20. The summed E-state index contributed by atoms with van der Waals surface area (Å²) in [5.74, 6) is 2.66. The Hall–Kier alpha value is -3.28. The third kappa shape index (κ3) is 5.85. The van der Waals surface area contributed by atoms with Gasteiger partial charge in [0.25, 0.3) is 0 Å². The monoisotopic (exact) mass is 391 g/mol. The van der Waals surface area contributed by atoms with Crippen LogP contribution in [0.5, 0.6) is 5.75 Å². The molecule has 3 aromatic rings. The molecule has 0 amide bonds. The van der Waals surface area contributed by atoms with Gasteiger partial charge in [0.2, 0.25) is 0 Å². The second kappa shape index (κ2) is 10.3. The molecule has 0 aliphatic rings. The molecule has 152 valence electrons. The fraction of sp³-hybridized carbons (Fsp3) is 0.304. The SMILES string of the molecule is CN=C(NCCCc1ccc(OC)cc1)N(C)Cc1ncc(-c2ccccc2)[nH]1. The summed E-state index contributed by atoms with van der Waals surface area (Å²) in [7, 11) is 5.51. The van der Waals surface area contributed by atoms with Crippen molar-refractivity contribution in [2.24, 2.45) is 4.99 Å². The number of benzene rings is 2. The molecule has 0 unspecified atom stereocenters. The quantitative estimate of drug-likeness (QED) is 0.349. The molecule has 1 heterocycles. The highest BCUT2D eigenvalue weighted by Crippen LogP contribution is 2.16. The highest BCUT2D eigenvalue weighted by atomic mass is 16.5. The lowest BCUT2D eigenvalue weighted by atomic mass is 10.1. The van der Waals surface area contributed by atoms with Crippen LogP contribution >= 0.6 is 0 Å². The van der Waals surface area contributed by atoms with Gasteiger partial charge in [0.05, 0.1) is 25.5 Å². The lowest BCUT2D eigenvalue weighted by Gasteiger charge is -2.21. The van der Waals surface area contributed by atoms with Crippen molar-refractivity contribution in [1.82, 2.24) is 20.2 Å². The molecule has 6 heteroatoms. The number of nitrogens with zero attached hydrogens (tertiary/aromatic N) is 3. The molecular weight excluding hydrogens is 362 g/mol. The highest BCUT2D eigenvalue weighted by molar-refractivity contribution is 5.79. The minimum atomic E-state index is 0.658. The van der Waals surface area contributed by atoms with E-state index in [2.05, 4.69) is 49.4 Å². The Kier molecular flexibility index (Phi) is 7.28. The summed E-state index contributed by atoms with van der Waals surface area (Å²) in [4.78, 5) is 14.4. The maximum atomic E-state index is 5.20. The third-order valence-electron chi connectivity index (χ3n) is 4.76. The van der Waals surface area contributed by atoms with Crippen LogP contribution in [-0.4, -0.2) is 48.6 Å². The average molecular weight is 392 g/mol. The van der Waals surface area contributed by atoms with Crippen LogP contribution in [0.3, 0.4) is 0 Å². The summed E-state index contributed by atoms with van der Waals surface area (Å²) in [5, 5.41) is 3.43. The zero-order valence-corrected chi connectivity index (χ0v) is 17.4. The number of ether oxygens (including phenoxy) is 1. The Bertz CT molecular complexity index is 903. The minimum Gasteiger partial charge on any atom is -0.497 e. The van der Waals surface area contributed by atoms with Crippen molar-refractivity contribution in [3.8, 4) is 17.0 Å². The van der Waals surface area contributed by atoms with Crippen LogP contribution in [0, 0.1) is 0 Å². The van der Waals surface area contributed by atoms with Crippen LogP contribution in [0.2, 0.25) is 0 Å². The maximum absolute atomic E-state index is 5.20. The Morgan fingerprint density at radius 3 is 2.59 bits per heavy atom. The minimum absolute atomic E-state index is 0.658. The molecule has 0 saturated carbocycles. The first-order valence-electron chi connectivity index (χ1n) is 9.83. The van der Waals surface area contributed by atoms with Crippen LogP contribution in [-0.2, 0) is 13.0 Å². The van der Waals surface area contributed by atoms with Gasteiger partial charge in [-0.1, -0.05) is 42.5 Å². The van der Waals surface area contributed by atoms with Gasteiger partial charge in [-0.2, -0.15) is 0 Å². The molecule has 0 atom stereocenters. The summed E-state index contributed by atoms with van der Waals surface area (Å²) in [5.41, 5.74) is 3.46. The topological polar surface area (TPSA) is 65.5 Å². The van der Waals surface area contributed by atoms with E-state index in [9.17, 15) is 0 Å². The van der Waals surface area contributed by atoms with Gasteiger partial charge in [0, 0.05) is 20.6 Å². The van der Waals surface area contributed by atoms with Gasteiger partial charge in [-0.15, -0.1) is 0 Å². The maximum Gasteiger partial charge on any atom is 0.193 e. The standard InChI is InChI=1S/C23H29N5O/c1-24-23(25-15-7-8-18-11-13-20(29-3)14-12-18)28(2)17-22-26-16-21(27-22)19-9-5-4-6-10-19/h4-6,9-14,16H,7-8,15,17H2,1-3H3,(H,24,25)(H,26,27). The fourth-order valence-corrected chi connectivity index (χ4v) is 3.18. The van der Waals surface area contributed by atoms with E-state index in [0.29, 0.717) is 6.54 Å². The Labute approximate surface area is 172 Å². The Balaban J connectivity index is 1.46. The number of hydrogen-bond acceptors (Lipinski definition) is 3.